The van der Waals surface area contributed by atoms with Gasteiger partial charge >= 0.3 is 20.8 Å². The van der Waals surface area contributed by atoms with E-state index in [0.29, 0.717) is 0 Å². The maximum Gasteiger partial charge on any atom is 0.394 e. The number of hydrogen-bond acceptors (Lipinski definition) is 8. The molecule has 15 heavy (non-hydrogen) atoms. The van der Waals surface area contributed by atoms with Crippen LogP contribution < -0.4 is 12.3 Å². The predicted octanol–water partition coefficient (Wildman–Crippen LogP) is -0.967. The van der Waals surface area contributed by atoms with E-state index in [0.717, 1.165) is 0 Å². The molecule has 0 aliphatic heterocycles. The molecule has 0 atom stereocenters. The first-order chi connectivity index (χ1) is 5.00. The van der Waals surface area contributed by atoms with Gasteiger partial charge in [0.2, 0.25) is 0 Å². The molecule has 0 aliphatic carbocycles. The Morgan fingerprint density at radius 2 is 0.600 bits per heavy atom. The summed E-state index contributed by atoms with van der Waals surface area (Å²) in [6.07, 6.45) is 0. The van der Waals surface area contributed by atoms with Gasteiger partial charge in [0.05, 0.1) is 0 Å². The Morgan fingerprint density at radius 3 is 0.600 bits per heavy atom. The largest absolute Gasteiger partial charge is 0.394 e. The number of hydrogen-bond donors (Lipinski definition) is 8. The second-order valence-electron chi connectivity index (χ2n) is 0.896. The summed E-state index contributed by atoms with van der Waals surface area (Å²) in [7, 11) is -9.33. The summed E-state index contributed by atoms with van der Waals surface area (Å²) < 4.78 is 63.2. The van der Waals surface area contributed by atoms with Gasteiger partial charge in [-0.2, -0.15) is 16.8 Å². The van der Waals surface area contributed by atoms with Gasteiger partial charge in [0.25, 0.3) is 0 Å². The molecule has 0 unspecified atom stereocenters. The molecule has 0 aliphatic rings. The fourth-order valence-corrected chi connectivity index (χ4v) is 0. The first kappa shape index (κ1) is 36.3. The molecule has 101 valence electrons. The van der Waals surface area contributed by atoms with Crippen molar-refractivity contribution < 1.29 is 62.6 Å². The third-order valence-corrected chi connectivity index (χ3v) is 0. The second-order valence-corrected chi connectivity index (χ2v) is 2.69. The van der Waals surface area contributed by atoms with E-state index in [1.807, 2.05) is 0 Å². The summed E-state index contributed by atoms with van der Waals surface area (Å²) in [6.45, 7) is 0. The van der Waals surface area contributed by atoms with Crippen molar-refractivity contribution >= 4 is 20.8 Å². The molecule has 1 radical (unpaired) electrons. The minimum Gasteiger partial charge on any atom is -0.344 e. The molecule has 0 rings (SSSR count). The van der Waals surface area contributed by atoms with Crippen molar-refractivity contribution in [3.05, 3.63) is 0 Å². The molecular formula is H12MnN2O10S2. The fourth-order valence-electron chi connectivity index (χ4n) is 0. The molecule has 12 nitrogen and oxygen atoms in total. The Labute approximate surface area is 96.0 Å². The van der Waals surface area contributed by atoms with Crippen LogP contribution in [0.2, 0.25) is 0 Å². The van der Waals surface area contributed by atoms with E-state index in [4.69, 9.17) is 45.6 Å². The summed E-state index contributed by atoms with van der Waals surface area (Å²) >= 11 is 0. The molecule has 0 bridgehead atoms. The van der Waals surface area contributed by atoms with Gasteiger partial charge in [-0.3, -0.25) is 28.7 Å². The van der Waals surface area contributed by atoms with Crippen molar-refractivity contribution in [2.45, 2.75) is 0 Å². The maximum atomic E-state index is 8.74. The zero-order chi connectivity index (χ0) is 11.0. The quantitative estimate of drug-likeness (QED) is 0.116. The first-order valence-electron chi connectivity index (χ1n) is 1.60. The van der Waals surface area contributed by atoms with Crippen molar-refractivity contribution in [3.63, 3.8) is 0 Å². The topological polar surface area (TPSA) is 260 Å². The molecule has 15 heteroatoms. The van der Waals surface area contributed by atoms with Gasteiger partial charge in [0.1, 0.15) is 0 Å². The Hall–Kier alpha value is 0.0995. The van der Waals surface area contributed by atoms with Crippen LogP contribution in [0.5, 0.6) is 0 Å². The molecule has 0 spiro atoms. The Kier molecular flexibility index (Phi) is 39.9. The van der Waals surface area contributed by atoms with Crippen LogP contribution in [-0.2, 0) is 37.9 Å². The fraction of sp³-hybridized carbons (Fsp3) is 0. The summed E-state index contributed by atoms with van der Waals surface area (Å²) in [5.41, 5.74) is 0. The molecule has 0 aromatic rings. The van der Waals surface area contributed by atoms with Gasteiger partial charge < -0.3 is 12.3 Å². The van der Waals surface area contributed by atoms with Crippen molar-refractivity contribution in [2.24, 2.45) is 0 Å². The summed E-state index contributed by atoms with van der Waals surface area (Å²) in [5.74, 6) is 0. The van der Waals surface area contributed by atoms with Crippen molar-refractivity contribution in [1.82, 2.24) is 12.3 Å². The Morgan fingerprint density at radius 1 is 0.600 bits per heavy atom. The van der Waals surface area contributed by atoms with Crippen LogP contribution >= 0.6 is 0 Å². The van der Waals surface area contributed by atoms with Gasteiger partial charge in [-0.25, -0.2) is 0 Å². The van der Waals surface area contributed by atoms with Gasteiger partial charge in [-0.15, -0.1) is 0 Å². The summed E-state index contributed by atoms with van der Waals surface area (Å²) in [4.78, 5) is 0. The van der Waals surface area contributed by atoms with Crippen molar-refractivity contribution in [2.75, 3.05) is 0 Å². The van der Waals surface area contributed by atoms with Crippen molar-refractivity contribution in [3.8, 4) is 0 Å². The maximum absolute atomic E-state index is 8.74. The standard InChI is InChI=1S/Mn.2H3N.2H2O4S.H2O2/c;;;2*1-5(2,3)4;1-2/h;2*1H3;2*(H2,1,2,3,4);1-2H. The van der Waals surface area contributed by atoms with Gasteiger partial charge in [-0.1, -0.05) is 0 Å². The Balaban J connectivity index is -0.0000000197. The average molecular weight is 319 g/mol. The molecule has 12 N–H and O–H groups in total. The molecule has 0 heterocycles. The van der Waals surface area contributed by atoms with E-state index < -0.39 is 20.8 Å². The zero-order valence-electron chi connectivity index (χ0n) is 6.92. The van der Waals surface area contributed by atoms with E-state index in [1.54, 1.807) is 0 Å². The van der Waals surface area contributed by atoms with Gasteiger partial charge in [-0.05, 0) is 0 Å². The monoisotopic (exact) mass is 319 g/mol. The van der Waals surface area contributed by atoms with Crippen LogP contribution in [0.3, 0.4) is 0 Å². The molecule has 0 aromatic carbocycles. The summed E-state index contributed by atoms with van der Waals surface area (Å²) in [5, 5.41) is 12.0. The van der Waals surface area contributed by atoms with Crippen LogP contribution in [0, 0.1) is 0 Å². The average Bonchev–Trinajstić information content (AvgIpc) is 1.59. The van der Waals surface area contributed by atoms with Crippen LogP contribution in [0.25, 0.3) is 0 Å². The molecule has 0 amide bonds. The SMILES string of the molecule is N.N.O=S(=O)(O)O.O=S(=O)(O)O.OO.[Mn]. The van der Waals surface area contributed by atoms with E-state index in [-0.39, 0.29) is 29.4 Å². The molecule has 0 saturated carbocycles. The van der Waals surface area contributed by atoms with Crippen LogP contribution in [0.4, 0.5) is 0 Å². The minimum atomic E-state index is -4.67. The first-order valence-corrected chi connectivity index (χ1v) is 4.39. The van der Waals surface area contributed by atoms with Crippen molar-refractivity contribution in [1.29, 1.82) is 0 Å². The molecule has 0 fully saturated rings. The van der Waals surface area contributed by atoms with E-state index >= 15 is 0 Å². The van der Waals surface area contributed by atoms with E-state index in [9.17, 15) is 0 Å². The third-order valence-electron chi connectivity index (χ3n) is 0. The third kappa shape index (κ3) is 209000. The molecular weight excluding hydrogens is 307 g/mol. The van der Waals surface area contributed by atoms with Gasteiger partial charge in [0, 0.05) is 17.1 Å². The van der Waals surface area contributed by atoms with E-state index in [1.165, 1.54) is 0 Å². The normalized spacial score (nSPS) is 8.13. The predicted molar refractivity (Wildman–Crippen MR) is 43.7 cm³/mol. The smallest absolute Gasteiger partial charge is 0.344 e. The molecule has 0 saturated heterocycles. The number of rotatable bonds is 0. The minimum absolute atomic E-state index is 0. The van der Waals surface area contributed by atoms with Crippen LogP contribution in [0.1, 0.15) is 0 Å². The summed E-state index contributed by atoms with van der Waals surface area (Å²) in [6, 6.07) is 0. The zero-order valence-corrected chi connectivity index (χ0v) is 9.74. The van der Waals surface area contributed by atoms with E-state index in [2.05, 4.69) is 0 Å². The van der Waals surface area contributed by atoms with Crippen LogP contribution in [-0.4, -0.2) is 45.6 Å². The second kappa shape index (κ2) is 16.5. The Bertz CT molecular complexity index is 218. The molecule has 0 aromatic heterocycles. The van der Waals surface area contributed by atoms with Gasteiger partial charge in [0.15, 0.2) is 0 Å². The van der Waals surface area contributed by atoms with Crippen LogP contribution in [0.15, 0.2) is 0 Å².